The largest absolute Gasteiger partial charge is 0.465 e. The van der Waals surface area contributed by atoms with Gasteiger partial charge in [0.1, 0.15) is 0 Å². The number of carbonyl (C=O) groups is 1. The van der Waals surface area contributed by atoms with Gasteiger partial charge in [-0.3, -0.25) is 4.90 Å². The minimum absolute atomic E-state index is 0.259. The van der Waals surface area contributed by atoms with Gasteiger partial charge < -0.3 is 9.64 Å². The maximum Gasteiger partial charge on any atom is 0.337 e. The summed E-state index contributed by atoms with van der Waals surface area (Å²) in [4.78, 5) is 17.5. The van der Waals surface area contributed by atoms with Gasteiger partial charge in [0.25, 0.3) is 0 Å². The van der Waals surface area contributed by atoms with Crippen molar-refractivity contribution in [2.24, 2.45) is 5.92 Å². The highest BCUT2D eigenvalue weighted by Gasteiger charge is 2.36. The van der Waals surface area contributed by atoms with Gasteiger partial charge in [0, 0.05) is 32.1 Å². The van der Waals surface area contributed by atoms with Gasteiger partial charge in [-0.2, -0.15) is 0 Å². The third kappa shape index (κ3) is 5.83. The summed E-state index contributed by atoms with van der Waals surface area (Å²) in [7, 11) is 1.45. The SMILES string of the molecule is COC(=O)c1cccc(C2CN(Cc3ccccc3)C[C@@H]2CN2CCC(c3ccccc3)CC2)c1. The van der Waals surface area contributed by atoms with Gasteiger partial charge in [0.2, 0.25) is 0 Å². The fourth-order valence-electron chi connectivity index (χ4n) is 6.01. The van der Waals surface area contributed by atoms with E-state index < -0.39 is 0 Å². The van der Waals surface area contributed by atoms with Gasteiger partial charge in [-0.1, -0.05) is 72.8 Å². The lowest BCUT2D eigenvalue weighted by molar-refractivity contribution is 0.0600. The molecule has 3 aromatic rings. The number of likely N-dealkylation sites (tertiary alicyclic amines) is 2. The molecule has 182 valence electrons. The predicted molar refractivity (Wildman–Crippen MR) is 141 cm³/mol. The van der Waals surface area contributed by atoms with E-state index in [1.807, 2.05) is 12.1 Å². The number of esters is 1. The van der Waals surface area contributed by atoms with Crippen LogP contribution in [0.3, 0.4) is 0 Å². The Bertz CT molecular complexity index is 1090. The second-order valence-electron chi connectivity index (χ2n) is 10.1. The number of ether oxygens (including phenoxy) is 1. The molecule has 2 atom stereocenters. The molecule has 1 unspecified atom stereocenters. The van der Waals surface area contributed by atoms with Crippen LogP contribution >= 0.6 is 0 Å². The Morgan fingerprint density at radius 1 is 0.829 bits per heavy atom. The lowest BCUT2D eigenvalue weighted by Crippen LogP contribution is -2.38. The Balaban J connectivity index is 1.29. The summed E-state index contributed by atoms with van der Waals surface area (Å²) in [5.41, 5.74) is 4.75. The van der Waals surface area contributed by atoms with Crippen LogP contribution in [0.25, 0.3) is 0 Å². The second kappa shape index (κ2) is 11.2. The maximum atomic E-state index is 12.2. The van der Waals surface area contributed by atoms with Crippen molar-refractivity contribution in [2.75, 3.05) is 39.8 Å². The molecule has 2 fully saturated rings. The first-order valence-corrected chi connectivity index (χ1v) is 12.9. The Kier molecular flexibility index (Phi) is 7.60. The van der Waals surface area contributed by atoms with Crippen LogP contribution in [0, 0.1) is 5.92 Å². The number of nitrogens with zero attached hydrogens (tertiary/aromatic N) is 2. The zero-order chi connectivity index (χ0) is 24.0. The molecule has 0 N–H and O–H groups in total. The Hall–Kier alpha value is -2.95. The van der Waals surface area contributed by atoms with Crippen molar-refractivity contribution in [1.29, 1.82) is 0 Å². The lowest BCUT2D eigenvalue weighted by atomic mass is 9.86. The number of hydrogen-bond acceptors (Lipinski definition) is 4. The standard InChI is InChI=1S/C31H36N2O2/c1-35-31(34)28-14-8-13-27(19-28)30-23-33(20-24-9-4-2-5-10-24)22-29(30)21-32-17-15-26(16-18-32)25-11-6-3-7-12-25/h2-14,19,26,29-30H,15-18,20-23H2,1H3/t29-,30?/m0/s1. The first kappa shape index (κ1) is 23.8. The molecule has 4 heteroatoms. The molecule has 0 spiro atoms. The summed E-state index contributed by atoms with van der Waals surface area (Å²) in [6.45, 7) is 6.50. The van der Waals surface area contributed by atoms with Gasteiger partial charge >= 0.3 is 5.97 Å². The molecule has 0 aliphatic carbocycles. The molecule has 3 aromatic carbocycles. The number of piperidine rings is 1. The fraction of sp³-hybridized carbons (Fsp3) is 0.387. The summed E-state index contributed by atoms with van der Waals surface area (Å²) in [6, 6.07) is 29.9. The second-order valence-corrected chi connectivity index (χ2v) is 10.1. The van der Waals surface area contributed by atoms with E-state index in [9.17, 15) is 4.79 Å². The molecule has 2 heterocycles. The van der Waals surface area contributed by atoms with Crippen molar-refractivity contribution >= 4 is 5.97 Å². The molecule has 0 bridgehead atoms. The van der Waals surface area contributed by atoms with E-state index in [0.717, 1.165) is 39.3 Å². The van der Waals surface area contributed by atoms with Crippen LogP contribution in [0.4, 0.5) is 0 Å². The Morgan fingerprint density at radius 3 is 2.23 bits per heavy atom. The van der Waals surface area contributed by atoms with Crippen LogP contribution in [-0.4, -0.2) is 55.6 Å². The van der Waals surface area contributed by atoms with Crippen molar-refractivity contribution < 1.29 is 9.53 Å². The van der Waals surface area contributed by atoms with Gasteiger partial charge in [-0.25, -0.2) is 4.79 Å². The van der Waals surface area contributed by atoms with Gasteiger partial charge in [-0.05, 0) is 66.6 Å². The molecule has 5 rings (SSSR count). The highest BCUT2D eigenvalue weighted by atomic mass is 16.5. The third-order valence-electron chi connectivity index (χ3n) is 7.85. The van der Waals surface area contributed by atoms with E-state index in [-0.39, 0.29) is 5.97 Å². The summed E-state index contributed by atoms with van der Waals surface area (Å²) in [5.74, 6) is 1.37. The molecule has 4 nitrogen and oxygen atoms in total. The normalized spacial score (nSPS) is 21.7. The first-order valence-electron chi connectivity index (χ1n) is 12.9. The monoisotopic (exact) mass is 468 g/mol. The molecule has 2 aliphatic heterocycles. The average Bonchev–Trinajstić information content (AvgIpc) is 3.31. The predicted octanol–water partition coefficient (Wildman–Crippen LogP) is 5.57. The summed E-state index contributed by atoms with van der Waals surface area (Å²) >= 11 is 0. The highest BCUT2D eigenvalue weighted by molar-refractivity contribution is 5.89. The first-order chi connectivity index (χ1) is 17.2. The topological polar surface area (TPSA) is 32.8 Å². The van der Waals surface area contributed by atoms with Crippen LogP contribution in [0.15, 0.2) is 84.9 Å². The maximum absolute atomic E-state index is 12.2. The number of hydrogen-bond donors (Lipinski definition) is 0. The van der Waals surface area contributed by atoms with Gasteiger partial charge in [-0.15, -0.1) is 0 Å². The van der Waals surface area contributed by atoms with E-state index in [1.165, 1.54) is 36.6 Å². The molecular formula is C31H36N2O2. The van der Waals surface area contributed by atoms with Gasteiger partial charge in [0.05, 0.1) is 12.7 Å². The minimum atomic E-state index is -0.259. The quantitative estimate of drug-likeness (QED) is 0.425. The molecule has 35 heavy (non-hydrogen) atoms. The van der Waals surface area contributed by atoms with E-state index in [1.54, 1.807) is 0 Å². The lowest BCUT2D eigenvalue weighted by Gasteiger charge is -2.35. The van der Waals surface area contributed by atoms with Crippen LogP contribution in [0.1, 0.15) is 51.7 Å². The van der Waals surface area contributed by atoms with E-state index >= 15 is 0 Å². The molecular weight excluding hydrogens is 432 g/mol. The van der Waals surface area contributed by atoms with Crippen LogP contribution in [0.2, 0.25) is 0 Å². The number of benzene rings is 3. The number of carbonyl (C=O) groups excluding carboxylic acids is 1. The van der Waals surface area contributed by atoms with Crippen molar-refractivity contribution in [1.82, 2.24) is 9.80 Å². The number of rotatable bonds is 7. The van der Waals surface area contributed by atoms with Crippen molar-refractivity contribution in [3.63, 3.8) is 0 Å². The van der Waals surface area contributed by atoms with E-state index in [0.29, 0.717) is 23.3 Å². The smallest absolute Gasteiger partial charge is 0.337 e. The molecule has 0 saturated carbocycles. The molecule has 2 aliphatic rings. The molecule has 2 saturated heterocycles. The summed E-state index contributed by atoms with van der Waals surface area (Å²) in [5, 5.41) is 0. The third-order valence-corrected chi connectivity index (χ3v) is 7.85. The Labute approximate surface area is 209 Å². The zero-order valence-electron chi connectivity index (χ0n) is 20.7. The van der Waals surface area contributed by atoms with Gasteiger partial charge in [0.15, 0.2) is 0 Å². The summed E-state index contributed by atoms with van der Waals surface area (Å²) in [6.07, 6.45) is 2.46. The highest BCUT2D eigenvalue weighted by Crippen LogP contribution is 2.36. The van der Waals surface area contributed by atoms with Crippen LogP contribution in [0.5, 0.6) is 0 Å². The van der Waals surface area contributed by atoms with E-state index in [4.69, 9.17) is 4.74 Å². The summed E-state index contributed by atoms with van der Waals surface area (Å²) < 4.78 is 4.99. The fourth-order valence-corrected chi connectivity index (χ4v) is 6.01. The Morgan fingerprint density at radius 2 is 1.51 bits per heavy atom. The average molecular weight is 469 g/mol. The number of methoxy groups -OCH3 is 1. The molecule has 0 amide bonds. The van der Waals surface area contributed by atoms with E-state index in [2.05, 4.69) is 82.6 Å². The van der Waals surface area contributed by atoms with Crippen LogP contribution in [-0.2, 0) is 11.3 Å². The van der Waals surface area contributed by atoms with Crippen molar-refractivity contribution in [3.05, 3.63) is 107 Å². The minimum Gasteiger partial charge on any atom is -0.465 e. The van der Waals surface area contributed by atoms with Crippen molar-refractivity contribution in [2.45, 2.75) is 31.2 Å². The molecule has 0 radical (unpaired) electrons. The van der Waals surface area contributed by atoms with Crippen LogP contribution < -0.4 is 0 Å². The van der Waals surface area contributed by atoms with Crippen molar-refractivity contribution in [3.8, 4) is 0 Å². The molecule has 0 aromatic heterocycles. The zero-order valence-corrected chi connectivity index (χ0v) is 20.7.